The second-order valence-corrected chi connectivity index (χ2v) is 5.93. The summed E-state index contributed by atoms with van der Waals surface area (Å²) in [6.07, 6.45) is 5.11. The summed E-state index contributed by atoms with van der Waals surface area (Å²) < 4.78 is 4.94. The normalized spacial score (nSPS) is 13.4. The van der Waals surface area contributed by atoms with Gasteiger partial charge in [-0.3, -0.25) is 4.79 Å². The van der Waals surface area contributed by atoms with Gasteiger partial charge in [0.2, 0.25) is 0 Å². The summed E-state index contributed by atoms with van der Waals surface area (Å²) in [5.74, 6) is -0.0544. The first-order valence-corrected chi connectivity index (χ1v) is 8.42. The fourth-order valence-corrected chi connectivity index (χ4v) is 3.54. The Hall–Kier alpha value is -1.54. The maximum absolute atomic E-state index is 11.5. The van der Waals surface area contributed by atoms with Gasteiger partial charge in [0.15, 0.2) is 0 Å². The number of aryl methyl sites for hydroxylation is 1. The molecular formula is C16H20N2O2S. The van der Waals surface area contributed by atoms with Crippen LogP contribution in [0.25, 0.3) is 0 Å². The Kier molecular flexibility index (Phi) is 5.63. The van der Waals surface area contributed by atoms with Gasteiger partial charge in [0.25, 0.3) is 0 Å². The van der Waals surface area contributed by atoms with Crippen molar-refractivity contribution in [2.75, 3.05) is 12.4 Å². The molecule has 1 aliphatic carbocycles. The van der Waals surface area contributed by atoms with Crippen molar-refractivity contribution in [1.82, 2.24) is 4.98 Å². The van der Waals surface area contributed by atoms with Crippen LogP contribution in [-0.2, 0) is 28.8 Å². The first-order valence-electron chi connectivity index (χ1n) is 7.44. The third kappa shape index (κ3) is 3.56. The predicted octanol–water partition coefficient (Wildman–Crippen LogP) is 3.05. The number of carbonyl (C=O) groups excluding carboxylic acids is 1. The highest BCUT2D eigenvalue weighted by Crippen LogP contribution is 2.32. The maximum atomic E-state index is 11.5. The molecule has 0 amide bonds. The summed E-state index contributed by atoms with van der Waals surface area (Å²) in [6.45, 7) is 4.25. The highest BCUT2D eigenvalue weighted by atomic mass is 32.2. The number of esters is 1. The van der Waals surface area contributed by atoms with Gasteiger partial charge in [0, 0.05) is 5.69 Å². The van der Waals surface area contributed by atoms with Crippen molar-refractivity contribution < 1.29 is 9.53 Å². The highest BCUT2D eigenvalue weighted by Gasteiger charge is 2.22. The molecule has 0 saturated heterocycles. The van der Waals surface area contributed by atoms with E-state index in [9.17, 15) is 10.1 Å². The molecule has 0 radical (unpaired) electrons. The molecule has 5 heteroatoms. The number of nitrogens with zero attached hydrogens (tertiary/aromatic N) is 2. The third-order valence-electron chi connectivity index (χ3n) is 3.65. The number of carbonyl (C=O) groups is 1. The summed E-state index contributed by atoms with van der Waals surface area (Å²) in [5.41, 5.74) is 4.16. The number of nitriles is 1. The SMILES string of the molecule is CCOC(=O)CSc1nc(CC)c2c(c1C#N)CCCC2. The second kappa shape index (κ2) is 7.46. The summed E-state index contributed by atoms with van der Waals surface area (Å²) in [5, 5.41) is 10.2. The number of ether oxygens (including phenoxy) is 1. The van der Waals surface area contributed by atoms with Crippen LogP contribution in [0.5, 0.6) is 0 Å². The molecule has 21 heavy (non-hydrogen) atoms. The number of fused-ring (bicyclic) bond motifs is 1. The van der Waals surface area contributed by atoms with Crippen molar-refractivity contribution in [2.24, 2.45) is 0 Å². The minimum absolute atomic E-state index is 0.206. The Morgan fingerprint density at radius 1 is 1.33 bits per heavy atom. The Balaban J connectivity index is 2.32. The molecule has 0 N–H and O–H groups in total. The van der Waals surface area contributed by atoms with Crippen molar-refractivity contribution in [1.29, 1.82) is 5.26 Å². The van der Waals surface area contributed by atoms with E-state index in [0.717, 1.165) is 36.9 Å². The van der Waals surface area contributed by atoms with Gasteiger partial charge < -0.3 is 4.74 Å². The van der Waals surface area contributed by atoms with Gasteiger partial charge in [-0.15, -0.1) is 0 Å². The average molecular weight is 304 g/mol. The summed E-state index contributed by atoms with van der Waals surface area (Å²) in [4.78, 5) is 16.1. The van der Waals surface area contributed by atoms with Crippen molar-refractivity contribution in [3.63, 3.8) is 0 Å². The minimum atomic E-state index is -0.260. The molecule has 1 aromatic rings. The third-order valence-corrected chi connectivity index (χ3v) is 4.60. The molecule has 112 valence electrons. The molecule has 1 heterocycles. The molecule has 0 bridgehead atoms. The zero-order valence-electron chi connectivity index (χ0n) is 12.6. The van der Waals surface area contributed by atoms with Gasteiger partial charge >= 0.3 is 5.97 Å². The minimum Gasteiger partial charge on any atom is -0.465 e. The smallest absolute Gasteiger partial charge is 0.316 e. The molecule has 0 atom stereocenters. The van der Waals surface area contributed by atoms with Crippen LogP contribution in [-0.4, -0.2) is 23.3 Å². The molecule has 2 rings (SSSR count). The number of hydrogen-bond donors (Lipinski definition) is 0. The first-order chi connectivity index (χ1) is 10.2. The molecule has 4 nitrogen and oxygen atoms in total. The van der Waals surface area contributed by atoms with Crippen LogP contribution in [0.4, 0.5) is 0 Å². The largest absolute Gasteiger partial charge is 0.465 e. The Labute approximate surface area is 129 Å². The van der Waals surface area contributed by atoms with Crippen LogP contribution in [0.15, 0.2) is 5.03 Å². The van der Waals surface area contributed by atoms with Gasteiger partial charge in [-0.05, 0) is 50.2 Å². The molecule has 0 unspecified atom stereocenters. The van der Waals surface area contributed by atoms with Crippen LogP contribution in [0, 0.1) is 11.3 Å². The van der Waals surface area contributed by atoms with Crippen molar-refractivity contribution in [3.8, 4) is 6.07 Å². The van der Waals surface area contributed by atoms with E-state index >= 15 is 0 Å². The van der Waals surface area contributed by atoms with Gasteiger partial charge in [0.05, 0.1) is 17.9 Å². The number of hydrogen-bond acceptors (Lipinski definition) is 5. The van der Waals surface area contributed by atoms with Crippen molar-refractivity contribution in [3.05, 3.63) is 22.4 Å². The lowest BCUT2D eigenvalue weighted by Gasteiger charge is -2.21. The molecule has 0 fully saturated rings. The second-order valence-electron chi connectivity index (χ2n) is 4.96. The summed E-state index contributed by atoms with van der Waals surface area (Å²) in [6, 6.07) is 2.30. The van der Waals surface area contributed by atoms with E-state index in [2.05, 4.69) is 18.0 Å². The van der Waals surface area contributed by atoms with Gasteiger partial charge in [0.1, 0.15) is 11.1 Å². The van der Waals surface area contributed by atoms with Crippen LogP contribution in [0.2, 0.25) is 0 Å². The monoisotopic (exact) mass is 304 g/mol. The lowest BCUT2D eigenvalue weighted by atomic mass is 9.87. The van der Waals surface area contributed by atoms with E-state index in [1.54, 1.807) is 6.92 Å². The van der Waals surface area contributed by atoms with E-state index in [1.807, 2.05) is 0 Å². The van der Waals surface area contributed by atoms with E-state index in [0.29, 0.717) is 17.2 Å². The zero-order chi connectivity index (χ0) is 15.2. The maximum Gasteiger partial charge on any atom is 0.316 e. The Morgan fingerprint density at radius 3 is 2.67 bits per heavy atom. The average Bonchev–Trinajstić information content (AvgIpc) is 2.52. The molecule has 0 saturated carbocycles. The van der Waals surface area contributed by atoms with E-state index in [1.165, 1.54) is 23.7 Å². The van der Waals surface area contributed by atoms with Crippen molar-refractivity contribution in [2.45, 2.75) is 51.0 Å². The quantitative estimate of drug-likeness (QED) is 0.618. The summed E-state index contributed by atoms with van der Waals surface area (Å²) in [7, 11) is 0. The summed E-state index contributed by atoms with van der Waals surface area (Å²) >= 11 is 1.31. The molecule has 0 aliphatic heterocycles. The van der Waals surface area contributed by atoms with Crippen LogP contribution in [0.1, 0.15) is 49.1 Å². The van der Waals surface area contributed by atoms with Crippen LogP contribution < -0.4 is 0 Å². The van der Waals surface area contributed by atoms with E-state index < -0.39 is 0 Å². The lowest BCUT2D eigenvalue weighted by Crippen LogP contribution is -2.13. The van der Waals surface area contributed by atoms with Gasteiger partial charge in [-0.25, -0.2) is 4.98 Å². The fraction of sp³-hybridized carbons (Fsp3) is 0.562. The topological polar surface area (TPSA) is 63.0 Å². The molecule has 0 aromatic carbocycles. The number of aromatic nitrogens is 1. The standard InChI is InChI=1S/C16H20N2O2S/c1-3-14-12-8-6-5-7-11(12)13(9-17)16(18-14)21-10-15(19)20-4-2/h3-8,10H2,1-2H3. The Bertz CT molecular complexity index is 579. The first kappa shape index (κ1) is 15.8. The predicted molar refractivity (Wildman–Crippen MR) is 82.3 cm³/mol. The fourth-order valence-electron chi connectivity index (χ4n) is 2.72. The van der Waals surface area contributed by atoms with Crippen LogP contribution in [0.3, 0.4) is 0 Å². The van der Waals surface area contributed by atoms with E-state index in [-0.39, 0.29) is 11.7 Å². The Morgan fingerprint density at radius 2 is 2.05 bits per heavy atom. The van der Waals surface area contributed by atoms with Crippen LogP contribution >= 0.6 is 11.8 Å². The highest BCUT2D eigenvalue weighted by molar-refractivity contribution is 7.99. The lowest BCUT2D eigenvalue weighted by molar-refractivity contribution is -0.139. The molecular weight excluding hydrogens is 284 g/mol. The van der Waals surface area contributed by atoms with Crippen molar-refractivity contribution >= 4 is 17.7 Å². The number of pyridine rings is 1. The zero-order valence-corrected chi connectivity index (χ0v) is 13.4. The van der Waals surface area contributed by atoms with E-state index in [4.69, 9.17) is 4.74 Å². The molecule has 0 spiro atoms. The number of thioether (sulfide) groups is 1. The molecule has 1 aliphatic rings. The number of rotatable bonds is 5. The molecule has 1 aromatic heterocycles. The van der Waals surface area contributed by atoms with Gasteiger partial charge in [-0.1, -0.05) is 18.7 Å². The van der Waals surface area contributed by atoms with Gasteiger partial charge in [-0.2, -0.15) is 5.26 Å².